The topological polar surface area (TPSA) is 38.3 Å². The molecule has 1 amide bonds. The predicted octanol–water partition coefficient (Wildman–Crippen LogP) is 2.03. The van der Waals surface area contributed by atoms with Gasteiger partial charge in [0.25, 0.3) is 0 Å². The van der Waals surface area contributed by atoms with Gasteiger partial charge in [-0.25, -0.2) is 9.18 Å². The van der Waals surface area contributed by atoms with Crippen molar-refractivity contribution in [1.82, 2.24) is 5.32 Å². The Kier molecular flexibility index (Phi) is 4.09. The molecule has 0 spiro atoms. The largest absolute Gasteiger partial charge is 0.453 e. The average Bonchev–Trinajstić information content (AvgIpc) is 2.23. The highest BCUT2D eigenvalue weighted by Gasteiger charge is 2.00. The fourth-order valence-corrected chi connectivity index (χ4v) is 1.24. The second kappa shape index (κ2) is 5.34. The molecule has 0 aliphatic heterocycles. The summed E-state index contributed by atoms with van der Waals surface area (Å²) in [5.41, 5.74) is 1.61. The maximum atomic E-state index is 12.9. The van der Waals surface area contributed by atoms with Crippen LogP contribution in [0.15, 0.2) is 18.2 Å². The van der Waals surface area contributed by atoms with E-state index in [0.29, 0.717) is 18.5 Å². The lowest BCUT2D eigenvalue weighted by Crippen LogP contribution is -2.25. The van der Waals surface area contributed by atoms with Gasteiger partial charge in [0.1, 0.15) is 5.82 Å². The molecule has 0 aliphatic carbocycles. The maximum Gasteiger partial charge on any atom is 0.406 e. The minimum Gasteiger partial charge on any atom is -0.453 e. The summed E-state index contributed by atoms with van der Waals surface area (Å²) in [4.78, 5) is 10.7. The van der Waals surface area contributed by atoms with Crippen molar-refractivity contribution >= 4 is 6.09 Å². The van der Waals surface area contributed by atoms with Gasteiger partial charge in [-0.05, 0) is 30.5 Å². The summed E-state index contributed by atoms with van der Waals surface area (Å²) in [7, 11) is 1.32. The van der Waals surface area contributed by atoms with Crippen molar-refractivity contribution in [1.29, 1.82) is 0 Å². The molecular formula is C11H14FNO2. The molecule has 0 unspecified atom stereocenters. The third kappa shape index (κ3) is 3.58. The van der Waals surface area contributed by atoms with Crippen LogP contribution >= 0.6 is 0 Å². The van der Waals surface area contributed by atoms with Crippen LogP contribution in [0.25, 0.3) is 0 Å². The molecule has 0 fully saturated rings. The van der Waals surface area contributed by atoms with Gasteiger partial charge in [0, 0.05) is 6.54 Å². The van der Waals surface area contributed by atoms with Gasteiger partial charge in [-0.15, -0.1) is 0 Å². The van der Waals surface area contributed by atoms with Crippen LogP contribution in [0.1, 0.15) is 11.1 Å². The van der Waals surface area contributed by atoms with Gasteiger partial charge in [-0.2, -0.15) is 0 Å². The standard InChI is InChI=1S/C11H14FNO2/c1-8-7-9(3-4-10(8)12)5-6-13-11(14)15-2/h3-4,7H,5-6H2,1-2H3,(H,13,14). The predicted molar refractivity (Wildman–Crippen MR) is 55.2 cm³/mol. The van der Waals surface area contributed by atoms with Crippen molar-refractivity contribution in [2.24, 2.45) is 0 Å². The van der Waals surface area contributed by atoms with E-state index in [-0.39, 0.29) is 5.82 Å². The molecule has 15 heavy (non-hydrogen) atoms. The van der Waals surface area contributed by atoms with Crippen LogP contribution in [0, 0.1) is 12.7 Å². The van der Waals surface area contributed by atoms with E-state index in [0.717, 1.165) is 5.56 Å². The minimum absolute atomic E-state index is 0.209. The van der Waals surface area contributed by atoms with Gasteiger partial charge < -0.3 is 10.1 Å². The van der Waals surface area contributed by atoms with Crippen molar-refractivity contribution in [2.75, 3.05) is 13.7 Å². The zero-order valence-corrected chi connectivity index (χ0v) is 8.84. The first kappa shape index (κ1) is 11.5. The summed E-state index contributed by atoms with van der Waals surface area (Å²) >= 11 is 0. The van der Waals surface area contributed by atoms with Crippen LogP contribution in [-0.2, 0) is 11.2 Å². The number of hydrogen-bond acceptors (Lipinski definition) is 2. The summed E-state index contributed by atoms with van der Waals surface area (Å²) in [5, 5.41) is 2.56. The lowest BCUT2D eigenvalue weighted by atomic mass is 10.1. The summed E-state index contributed by atoms with van der Waals surface area (Å²) < 4.78 is 17.3. The minimum atomic E-state index is -0.450. The summed E-state index contributed by atoms with van der Waals surface area (Å²) in [5.74, 6) is -0.209. The Morgan fingerprint density at radius 2 is 2.27 bits per heavy atom. The van der Waals surface area contributed by atoms with Crippen LogP contribution in [0.3, 0.4) is 0 Å². The van der Waals surface area contributed by atoms with Crippen LogP contribution in [0.5, 0.6) is 0 Å². The lowest BCUT2D eigenvalue weighted by Gasteiger charge is -2.05. The van der Waals surface area contributed by atoms with E-state index in [1.54, 1.807) is 19.1 Å². The number of methoxy groups -OCH3 is 1. The van der Waals surface area contributed by atoms with Crippen molar-refractivity contribution in [2.45, 2.75) is 13.3 Å². The van der Waals surface area contributed by atoms with E-state index < -0.39 is 6.09 Å². The van der Waals surface area contributed by atoms with E-state index in [4.69, 9.17) is 0 Å². The quantitative estimate of drug-likeness (QED) is 0.830. The molecule has 4 heteroatoms. The number of hydrogen-bond donors (Lipinski definition) is 1. The molecule has 3 nitrogen and oxygen atoms in total. The van der Waals surface area contributed by atoms with Crippen LogP contribution in [-0.4, -0.2) is 19.7 Å². The van der Waals surface area contributed by atoms with Crippen molar-refractivity contribution in [3.63, 3.8) is 0 Å². The van der Waals surface area contributed by atoms with Crippen molar-refractivity contribution < 1.29 is 13.9 Å². The third-order valence-corrected chi connectivity index (χ3v) is 2.09. The van der Waals surface area contributed by atoms with Gasteiger partial charge >= 0.3 is 6.09 Å². The van der Waals surface area contributed by atoms with E-state index >= 15 is 0 Å². The average molecular weight is 211 g/mol. The molecule has 0 aromatic heterocycles. The van der Waals surface area contributed by atoms with E-state index in [1.807, 2.05) is 0 Å². The summed E-state index contributed by atoms with van der Waals surface area (Å²) in [6.45, 7) is 2.20. The Labute approximate surface area is 88.2 Å². The fraction of sp³-hybridized carbons (Fsp3) is 0.364. The molecule has 0 bridgehead atoms. The number of amides is 1. The molecule has 1 N–H and O–H groups in total. The number of halogens is 1. The van der Waals surface area contributed by atoms with Gasteiger partial charge in [0.05, 0.1) is 7.11 Å². The van der Waals surface area contributed by atoms with Crippen LogP contribution < -0.4 is 5.32 Å². The van der Waals surface area contributed by atoms with Crippen molar-refractivity contribution in [3.05, 3.63) is 35.1 Å². The maximum absolute atomic E-state index is 12.9. The number of aryl methyl sites for hydroxylation is 1. The molecule has 0 aliphatic rings. The highest BCUT2D eigenvalue weighted by atomic mass is 19.1. The number of carbonyl (C=O) groups excluding carboxylic acids is 1. The Balaban J connectivity index is 2.44. The number of benzene rings is 1. The van der Waals surface area contributed by atoms with Gasteiger partial charge in [-0.1, -0.05) is 12.1 Å². The van der Waals surface area contributed by atoms with E-state index in [2.05, 4.69) is 10.1 Å². The SMILES string of the molecule is COC(=O)NCCc1ccc(F)c(C)c1. The Morgan fingerprint density at radius 3 is 2.87 bits per heavy atom. The highest BCUT2D eigenvalue weighted by molar-refractivity contribution is 5.66. The molecule has 82 valence electrons. The molecule has 0 saturated carbocycles. The molecule has 1 aromatic rings. The van der Waals surface area contributed by atoms with Gasteiger partial charge in [0.15, 0.2) is 0 Å². The Bertz CT molecular complexity index is 352. The smallest absolute Gasteiger partial charge is 0.406 e. The normalized spacial score (nSPS) is 9.80. The molecule has 1 rings (SSSR count). The third-order valence-electron chi connectivity index (χ3n) is 2.09. The number of nitrogens with one attached hydrogen (secondary N) is 1. The number of alkyl carbamates (subject to hydrolysis) is 1. The molecular weight excluding hydrogens is 197 g/mol. The molecule has 0 heterocycles. The van der Waals surface area contributed by atoms with E-state index in [1.165, 1.54) is 13.2 Å². The highest BCUT2D eigenvalue weighted by Crippen LogP contribution is 2.09. The van der Waals surface area contributed by atoms with Crippen molar-refractivity contribution in [3.8, 4) is 0 Å². The molecule has 0 radical (unpaired) electrons. The zero-order chi connectivity index (χ0) is 11.3. The second-order valence-electron chi connectivity index (χ2n) is 3.25. The summed E-state index contributed by atoms with van der Waals surface area (Å²) in [6, 6.07) is 4.92. The summed E-state index contributed by atoms with van der Waals surface area (Å²) in [6.07, 6.45) is 0.213. The van der Waals surface area contributed by atoms with E-state index in [9.17, 15) is 9.18 Å². The number of carbonyl (C=O) groups is 1. The number of rotatable bonds is 3. The zero-order valence-electron chi connectivity index (χ0n) is 8.84. The monoisotopic (exact) mass is 211 g/mol. The van der Waals surface area contributed by atoms with Gasteiger partial charge in [0.2, 0.25) is 0 Å². The first-order chi connectivity index (χ1) is 7.13. The molecule has 0 atom stereocenters. The Hall–Kier alpha value is -1.58. The Morgan fingerprint density at radius 1 is 1.53 bits per heavy atom. The van der Waals surface area contributed by atoms with Gasteiger partial charge in [-0.3, -0.25) is 0 Å². The number of ether oxygens (including phenoxy) is 1. The first-order valence-corrected chi connectivity index (χ1v) is 4.70. The van der Waals surface area contributed by atoms with Crippen LogP contribution in [0.2, 0.25) is 0 Å². The molecule has 1 aromatic carbocycles. The first-order valence-electron chi connectivity index (χ1n) is 4.70. The second-order valence-corrected chi connectivity index (χ2v) is 3.25. The fourth-order valence-electron chi connectivity index (χ4n) is 1.24. The lowest BCUT2D eigenvalue weighted by molar-refractivity contribution is 0.171. The molecule has 0 saturated heterocycles. The van der Waals surface area contributed by atoms with Crippen LogP contribution in [0.4, 0.5) is 9.18 Å².